The van der Waals surface area contributed by atoms with Crippen LogP contribution in [0.4, 0.5) is 22.0 Å². The minimum absolute atomic E-state index is 0.208. The molecule has 0 aromatic carbocycles. The van der Waals surface area contributed by atoms with Crippen LogP contribution >= 0.6 is 0 Å². The van der Waals surface area contributed by atoms with Crippen molar-refractivity contribution in [1.82, 2.24) is 0 Å². The number of hydrogen-bond acceptors (Lipinski definition) is 1. The Morgan fingerprint density at radius 2 is 1.40 bits per heavy atom. The van der Waals surface area contributed by atoms with E-state index in [0.717, 1.165) is 0 Å². The lowest BCUT2D eigenvalue weighted by atomic mass is 10.1. The molecule has 6 heteroatoms. The molecule has 0 heterocycles. The second-order valence-electron chi connectivity index (χ2n) is 1.85. The van der Waals surface area contributed by atoms with Gasteiger partial charge in [0.2, 0.25) is 0 Å². The number of rotatable bonds is 1. The molecule has 1 N–H and O–H groups in total. The molecule has 1 nitrogen and oxygen atoms in total. The summed E-state index contributed by atoms with van der Waals surface area (Å²) in [6, 6.07) is 0. The van der Waals surface area contributed by atoms with Gasteiger partial charge in [0.25, 0.3) is 0 Å². The van der Waals surface area contributed by atoms with Crippen molar-refractivity contribution in [2.75, 3.05) is 0 Å². The fourth-order valence-electron chi connectivity index (χ4n) is 0.197. The first-order valence-electron chi connectivity index (χ1n) is 2.32. The van der Waals surface area contributed by atoms with E-state index in [-0.39, 0.29) is 6.92 Å². The highest BCUT2D eigenvalue weighted by Gasteiger charge is 2.51. The maximum atomic E-state index is 11.4. The quantitative estimate of drug-likeness (QED) is 0.585. The normalized spacial score (nSPS) is 17.1. The van der Waals surface area contributed by atoms with Gasteiger partial charge in [-0.1, -0.05) is 0 Å². The molecule has 0 radical (unpaired) electrons. The summed E-state index contributed by atoms with van der Waals surface area (Å²) in [6.07, 6.45) is -9.74. The van der Waals surface area contributed by atoms with Crippen molar-refractivity contribution >= 4 is 0 Å². The van der Waals surface area contributed by atoms with Crippen molar-refractivity contribution in [3.8, 4) is 0 Å². The standard InChI is InChI=1S/C4H5F5O/c1-2(3(5,6)7)4(8,9)10/h2,10H,1H3. The van der Waals surface area contributed by atoms with E-state index >= 15 is 0 Å². The fourth-order valence-corrected chi connectivity index (χ4v) is 0.197. The first-order chi connectivity index (χ1) is 4.15. The van der Waals surface area contributed by atoms with Crippen LogP contribution in [0.3, 0.4) is 0 Å². The lowest BCUT2D eigenvalue weighted by molar-refractivity contribution is -0.311. The van der Waals surface area contributed by atoms with Gasteiger partial charge in [-0.2, -0.15) is 22.0 Å². The van der Waals surface area contributed by atoms with Gasteiger partial charge in [0, 0.05) is 0 Å². The summed E-state index contributed by atoms with van der Waals surface area (Å²) >= 11 is 0. The highest BCUT2D eigenvalue weighted by Crippen LogP contribution is 2.35. The third-order valence-electron chi connectivity index (χ3n) is 1.01. The van der Waals surface area contributed by atoms with E-state index in [4.69, 9.17) is 5.11 Å². The Labute approximate surface area is 53.5 Å². The van der Waals surface area contributed by atoms with Crippen molar-refractivity contribution in [2.24, 2.45) is 5.92 Å². The Balaban J connectivity index is 4.23. The monoisotopic (exact) mass is 164 g/mol. The Bertz CT molecular complexity index is 97.8. The van der Waals surface area contributed by atoms with Gasteiger partial charge in [0.1, 0.15) is 5.92 Å². The van der Waals surface area contributed by atoms with Crippen molar-refractivity contribution < 1.29 is 27.1 Å². The SMILES string of the molecule is CC(C(O)(F)F)C(F)(F)F. The van der Waals surface area contributed by atoms with Gasteiger partial charge in [-0.3, -0.25) is 0 Å². The lowest BCUT2D eigenvalue weighted by Crippen LogP contribution is -2.36. The molecule has 0 aliphatic carbocycles. The van der Waals surface area contributed by atoms with E-state index in [1.807, 2.05) is 0 Å². The van der Waals surface area contributed by atoms with Crippen LogP contribution in [0, 0.1) is 5.92 Å². The van der Waals surface area contributed by atoms with Crippen LogP contribution in [0.5, 0.6) is 0 Å². The van der Waals surface area contributed by atoms with Crippen LogP contribution in [-0.2, 0) is 0 Å². The molecule has 0 aliphatic heterocycles. The molecular formula is C4H5F5O. The molecule has 0 bridgehead atoms. The molecule has 0 saturated heterocycles. The third kappa shape index (κ3) is 2.47. The van der Waals surface area contributed by atoms with Crippen LogP contribution in [0.15, 0.2) is 0 Å². The number of aliphatic hydroxyl groups is 1. The van der Waals surface area contributed by atoms with Crippen molar-refractivity contribution in [3.05, 3.63) is 0 Å². The average molecular weight is 164 g/mol. The molecule has 0 aliphatic rings. The maximum absolute atomic E-state index is 11.4. The summed E-state index contributed by atoms with van der Waals surface area (Å²) in [6.45, 7) is 0.208. The highest BCUT2D eigenvalue weighted by molar-refractivity contribution is 4.68. The van der Waals surface area contributed by atoms with E-state index in [0.29, 0.717) is 0 Å². The molecule has 0 aromatic heterocycles. The Kier molecular flexibility index (Phi) is 2.24. The second-order valence-corrected chi connectivity index (χ2v) is 1.85. The lowest BCUT2D eigenvalue weighted by Gasteiger charge is -2.19. The van der Waals surface area contributed by atoms with Gasteiger partial charge in [-0.15, -0.1) is 0 Å². The van der Waals surface area contributed by atoms with Crippen LogP contribution < -0.4 is 0 Å². The van der Waals surface area contributed by atoms with Crippen LogP contribution in [0.1, 0.15) is 6.92 Å². The van der Waals surface area contributed by atoms with Crippen molar-refractivity contribution in [1.29, 1.82) is 0 Å². The van der Waals surface area contributed by atoms with E-state index in [1.54, 1.807) is 0 Å². The van der Waals surface area contributed by atoms with Gasteiger partial charge in [0.15, 0.2) is 0 Å². The van der Waals surface area contributed by atoms with Crippen LogP contribution in [-0.4, -0.2) is 17.4 Å². The van der Waals surface area contributed by atoms with E-state index < -0.39 is 18.2 Å². The molecule has 1 unspecified atom stereocenters. The first kappa shape index (κ1) is 9.61. The number of alkyl halides is 5. The zero-order valence-electron chi connectivity index (χ0n) is 4.91. The first-order valence-corrected chi connectivity index (χ1v) is 2.32. The van der Waals surface area contributed by atoms with Crippen molar-refractivity contribution in [3.63, 3.8) is 0 Å². The minimum atomic E-state index is -5.06. The fraction of sp³-hybridized carbons (Fsp3) is 1.00. The predicted octanol–water partition coefficient (Wildman–Crippen LogP) is 1.77. The summed E-state index contributed by atoms with van der Waals surface area (Å²) in [5.74, 6) is -3.01. The average Bonchev–Trinajstić information content (AvgIpc) is 1.59. The zero-order chi connectivity index (χ0) is 8.58. The summed E-state index contributed by atoms with van der Waals surface area (Å²) in [7, 11) is 0. The smallest absolute Gasteiger partial charge is 0.336 e. The molecule has 10 heavy (non-hydrogen) atoms. The summed E-state index contributed by atoms with van der Waals surface area (Å²) < 4.78 is 56.8. The topological polar surface area (TPSA) is 20.2 Å². The number of halogens is 5. The summed E-state index contributed by atoms with van der Waals surface area (Å²) in [4.78, 5) is 0. The van der Waals surface area contributed by atoms with E-state index in [1.165, 1.54) is 0 Å². The Morgan fingerprint density at radius 1 is 1.10 bits per heavy atom. The van der Waals surface area contributed by atoms with Crippen LogP contribution in [0.25, 0.3) is 0 Å². The molecule has 0 fully saturated rings. The number of hydrogen-bond donors (Lipinski definition) is 1. The highest BCUT2D eigenvalue weighted by atomic mass is 19.4. The second kappa shape index (κ2) is 2.34. The molecular weight excluding hydrogens is 159 g/mol. The molecule has 0 aromatic rings. The molecule has 0 spiro atoms. The zero-order valence-corrected chi connectivity index (χ0v) is 4.91. The van der Waals surface area contributed by atoms with Crippen LogP contribution in [0.2, 0.25) is 0 Å². The van der Waals surface area contributed by atoms with Gasteiger partial charge in [-0.25, -0.2) is 0 Å². The van der Waals surface area contributed by atoms with Crippen molar-refractivity contribution in [2.45, 2.75) is 19.2 Å². The molecule has 0 amide bonds. The molecule has 62 valence electrons. The summed E-state index contributed by atoms with van der Waals surface area (Å²) in [5.41, 5.74) is 0. The Hall–Kier alpha value is -0.390. The minimum Gasteiger partial charge on any atom is -0.336 e. The largest absolute Gasteiger partial charge is 0.399 e. The molecule has 0 saturated carbocycles. The third-order valence-corrected chi connectivity index (χ3v) is 1.01. The molecule has 1 atom stereocenters. The van der Waals surface area contributed by atoms with E-state index in [9.17, 15) is 22.0 Å². The molecule has 0 rings (SSSR count). The maximum Gasteiger partial charge on any atom is 0.399 e. The van der Waals surface area contributed by atoms with Gasteiger partial charge < -0.3 is 5.11 Å². The van der Waals surface area contributed by atoms with Gasteiger partial charge in [0.05, 0.1) is 0 Å². The predicted molar refractivity (Wildman–Crippen MR) is 22.4 cm³/mol. The van der Waals surface area contributed by atoms with E-state index in [2.05, 4.69) is 0 Å². The Morgan fingerprint density at radius 3 is 1.40 bits per heavy atom. The van der Waals surface area contributed by atoms with Gasteiger partial charge >= 0.3 is 12.3 Å². The van der Waals surface area contributed by atoms with Gasteiger partial charge in [-0.05, 0) is 6.92 Å². The summed E-state index contributed by atoms with van der Waals surface area (Å²) in [5, 5.41) is 7.57.